The number of carboxylic acids is 1. The molecular weight excluding hydrogens is 503 g/mol. The Balaban J connectivity index is 0.000000505. The van der Waals surface area contributed by atoms with Crippen LogP contribution in [0.2, 0.25) is 0 Å². The molecule has 0 bridgehead atoms. The van der Waals surface area contributed by atoms with E-state index in [4.69, 9.17) is 19.9 Å². The van der Waals surface area contributed by atoms with Gasteiger partial charge >= 0.3 is 12.1 Å². The van der Waals surface area contributed by atoms with E-state index < -0.39 is 12.1 Å². The van der Waals surface area contributed by atoms with Gasteiger partial charge in [0.25, 0.3) is 5.56 Å². The SMILES string of the molecule is CC#CCn1c(N2CCNCC2)nc2nc(N(C)CCc3ccccc3)n(C)c(=O)c21.O=C(O)C(F)(F)F. The molecule has 0 unspecified atom stereocenters. The van der Waals surface area contributed by atoms with Gasteiger partial charge in [-0.15, -0.1) is 5.92 Å². The van der Waals surface area contributed by atoms with Crippen molar-refractivity contribution in [3.05, 3.63) is 46.2 Å². The fourth-order valence-corrected chi connectivity index (χ4v) is 3.93. The summed E-state index contributed by atoms with van der Waals surface area (Å²) in [5, 5.41) is 10.5. The maximum Gasteiger partial charge on any atom is 0.490 e. The number of halogens is 3. The average molecular weight is 534 g/mol. The van der Waals surface area contributed by atoms with Crippen molar-refractivity contribution >= 4 is 29.0 Å². The highest BCUT2D eigenvalue weighted by Gasteiger charge is 2.38. The van der Waals surface area contributed by atoms with Gasteiger partial charge in [0.1, 0.15) is 0 Å². The maximum absolute atomic E-state index is 13.4. The quantitative estimate of drug-likeness (QED) is 0.463. The van der Waals surface area contributed by atoms with Crippen molar-refractivity contribution in [3.8, 4) is 11.8 Å². The van der Waals surface area contributed by atoms with Gasteiger partial charge in [-0.05, 0) is 18.9 Å². The zero-order valence-corrected chi connectivity index (χ0v) is 21.4. The molecule has 4 rings (SSSR count). The molecule has 3 heterocycles. The fraction of sp³-hybridized carbons (Fsp3) is 0.440. The highest BCUT2D eigenvalue weighted by atomic mass is 19.4. The lowest BCUT2D eigenvalue weighted by molar-refractivity contribution is -0.192. The number of carbonyl (C=O) groups is 1. The molecule has 0 amide bonds. The van der Waals surface area contributed by atoms with Crippen LogP contribution in [0.15, 0.2) is 35.1 Å². The second-order valence-corrected chi connectivity index (χ2v) is 8.57. The van der Waals surface area contributed by atoms with Crippen molar-refractivity contribution in [3.63, 3.8) is 0 Å². The molecule has 0 spiro atoms. The molecular formula is C25H30F3N7O3. The first-order valence-corrected chi connectivity index (χ1v) is 11.9. The number of hydrogen-bond acceptors (Lipinski definition) is 7. The number of nitrogens with one attached hydrogen (secondary N) is 1. The van der Waals surface area contributed by atoms with Crippen LogP contribution in [-0.4, -0.2) is 76.1 Å². The van der Waals surface area contributed by atoms with Gasteiger partial charge in [0.2, 0.25) is 11.9 Å². The number of aromatic nitrogens is 4. The molecule has 38 heavy (non-hydrogen) atoms. The van der Waals surface area contributed by atoms with E-state index in [9.17, 15) is 18.0 Å². The first-order chi connectivity index (χ1) is 18.0. The van der Waals surface area contributed by atoms with Crippen LogP contribution in [-0.2, 0) is 24.8 Å². The Morgan fingerprint density at radius 1 is 1.18 bits per heavy atom. The van der Waals surface area contributed by atoms with Gasteiger partial charge < -0.3 is 20.2 Å². The zero-order valence-electron chi connectivity index (χ0n) is 21.4. The number of nitrogens with zero attached hydrogens (tertiary/aromatic N) is 6. The molecule has 13 heteroatoms. The fourth-order valence-electron chi connectivity index (χ4n) is 3.93. The number of benzene rings is 1. The van der Waals surface area contributed by atoms with Crippen molar-refractivity contribution in [1.29, 1.82) is 0 Å². The monoisotopic (exact) mass is 533 g/mol. The first kappa shape index (κ1) is 28.5. The van der Waals surface area contributed by atoms with Crippen LogP contribution < -0.4 is 20.7 Å². The van der Waals surface area contributed by atoms with Crippen LogP contribution in [0.4, 0.5) is 25.1 Å². The Morgan fingerprint density at radius 3 is 2.39 bits per heavy atom. The Bertz CT molecular complexity index is 1370. The standard InChI is InChI=1S/C23H29N7O.C2HF3O2/c1-4-5-14-30-19-20(26-23(30)29-16-12-24-13-17-29)25-22(28(3)21(19)31)27(2)15-11-18-9-7-6-8-10-18;3-2(4,5)1(6)7/h6-10,24H,11-17H2,1-3H3;(H,6,7). The molecule has 0 aliphatic carbocycles. The molecule has 10 nitrogen and oxygen atoms in total. The number of hydrogen-bond donors (Lipinski definition) is 2. The lowest BCUT2D eigenvalue weighted by Crippen LogP contribution is -2.44. The average Bonchev–Trinajstić information content (AvgIpc) is 3.27. The lowest BCUT2D eigenvalue weighted by atomic mass is 10.1. The summed E-state index contributed by atoms with van der Waals surface area (Å²) in [6.45, 7) is 6.44. The maximum atomic E-state index is 13.4. The number of aliphatic carboxylic acids is 1. The topological polar surface area (TPSA) is 109 Å². The van der Waals surface area contributed by atoms with Gasteiger partial charge in [-0.2, -0.15) is 23.1 Å². The van der Waals surface area contributed by atoms with Crippen molar-refractivity contribution < 1.29 is 23.1 Å². The summed E-state index contributed by atoms with van der Waals surface area (Å²) >= 11 is 0. The van der Waals surface area contributed by atoms with Crippen LogP contribution in [0.5, 0.6) is 0 Å². The smallest absolute Gasteiger partial charge is 0.475 e. The minimum atomic E-state index is -5.08. The highest BCUT2D eigenvalue weighted by molar-refractivity contribution is 5.76. The number of rotatable bonds is 6. The predicted octanol–water partition coefficient (Wildman–Crippen LogP) is 1.88. The number of anilines is 2. The largest absolute Gasteiger partial charge is 0.490 e. The van der Waals surface area contributed by atoms with Crippen molar-refractivity contribution in [2.75, 3.05) is 49.6 Å². The number of piperazine rings is 1. The van der Waals surface area contributed by atoms with Crippen molar-refractivity contribution in [2.45, 2.75) is 26.1 Å². The van der Waals surface area contributed by atoms with Gasteiger partial charge in [0, 0.05) is 46.8 Å². The summed E-state index contributed by atoms with van der Waals surface area (Å²) in [6.07, 6.45) is -4.21. The molecule has 0 saturated carbocycles. The number of carboxylic acid groups (broad SMARTS) is 1. The summed E-state index contributed by atoms with van der Waals surface area (Å²) < 4.78 is 35.3. The van der Waals surface area contributed by atoms with Crippen LogP contribution in [0.3, 0.4) is 0 Å². The minimum absolute atomic E-state index is 0.0988. The summed E-state index contributed by atoms with van der Waals surface area (Å²) in [6, 6.07) is 10.3. The van der Waals surface area contributed by atoms with E-state index in [1.54, 1.807) is 18.5 Å². The number of likely N-dealkylation sites (N-methyl/N-ethyl adjacent to an activating group) is 1. The van der Waals surface area contributed by atoms with E-state index in [-0.39, 0.29) is 5.56 Å². The summed E-state index contributed by atoms with van der Waals surface area (Å²) in [4.78, 5) is 36.1. The first-order valence-electron chi connectivity index (χ1n) is 11.9. The van der Waals surface area contributed by atoms with Crippen LogP contribution >= 0.6 is 0 Å². The van der Waals surface area contributed by atoms with Gasteiger partial charge in [0.15, 0.2) is 11.2 Å². The third-order valence-corrected chi connectivity index (χ3v) is 5.92. The van der Waals surface area contributed by atoms with Crippen LogP contribution in [0.1, 0.15) is 12.5 Å². The number of imidazole rings is 1. The Morgan fingerprint density at radius 2 is 1.82 bits per heavy atom. The molecule has 1 fully saturated rings. The number of alkyl halides is 3. The molecule has 2 N–H and O–H groups in total. The van der Waals surface area contributed by atoms with Crippen molar-refractivity contribution in [1.82, 2.24) is 24.4 Å². The normalized spacial score (nSPS) is 13.4. The van der Waals surface area contributed by atoms with E-state index in [2.05, 4.69) is 34.2 Å². The molecule has 2 aromatic heterocycles. The van der Waals surface area contributed by atoms with E-state index in [0.717, 1.165) is 45.1 Å². The Kier molecular flexibility index (Phi) is 9.35. The molecule has 1 saturated heterocycles. The molecule has 0 atom stereocenters. The zero-order chi connectivity index (χ0) is 27.9. The Hall–Kier alpha value is -4.05. The van der Waals surface area contributed by atoms with E-state index in [0.29, 0.717) is 23.7 Å². The molecule has 1 aliphatic rings. The summed E-state index contributed by atoms with van der Waals surface area (Å²) in [5.41, 5.74) is 2.15. The Labute approximate surface area is 217 Å². The van der Waals surface area contributed by atoms with E-state index in [1.165, 1.54) is 5.56 Å². The molecule has 0 radical (unpaired) electrons. The van der Waals surface area contributed by atoms with Gasteiger partial charge in [-0.3, -0.25) is 13.9 Å². The minimum Gasteiger partial charge on any atom is -0.475 e. The molecule has 1 aromatic carbocycles. The highest BCUT2D eigenvalue weighted by Crippen LogP contribution is 2.22. The second-order valence-electron chi connectivity index (χ2n) is 8.57. The third-order valence-electron chi connectivity index (χ3n) is 5.92. The molecule has 204 valence electrons. The van der Waals surface area contributed by atoms with Crippen LogP contribution in [0.25, 0.3) is 11.2 Å². The van der Waals surface area contributed by atoms with Crippen molar-refractivity contribution in [2.24, 2.45) is 7.05 Å². The lowest BCUT2D eigenvalue weighted by Gasteiger charge is -2.28. The second kappa shape index (κ2) is 12.5. The predicted molar refractivity (Wildman–Crippen MR) is 138 cm³/mol. The van der Waals surface area contributed by atoms with Gasteiger partial charge in [-0.1, -0.05) is 36.3 Å². The molecule has 3 aromatic rings. The third kappa shape index (κ3) is 6.83. The number of fused-ring (bicyclic) bond motifs is 1. The summed E-state index contributed by atoms with van der Waals surface area (Å²) in [7, 11) is 3.74. The van der Waals surface area contributed by atoms with Crippen LogP contribution in [0, 0.1) is 11.8 Å². The van der Waals surface area contributed by atoms with Gasteiger partial charge in [0.05, 0.1) is 6.54 Å². The van der Waals surface area contributed by atoms with Gasteiger partial charge in [-0.25, -0.2) is 4.79 Å². The van der Waals surface area contributed by atoms with E-state index in [1.807, 2.05) is 34.7 Å². The molecule has 1 aliphatic heterocycles. The summed E-state index contributed by atoms with van der Waals surface area (Å²) in [5.74, 6) is 4.65. The van der Waals surface area contributed by atoms with E-state index >= 15 is 0 Å².